The van der Waals surface area contributed by atoms with Crippen molar-refractivity contribution in [2.45, 2.75) is 64.9 Å². The average Bonchev–Trinajstić information content (AvgIpc) is 2.73. The van der Waals surface area contributed by atoms with E-state index in [1.54, 1.807) is 19.1 Å². The molecule has 0 aliphatic carbocycles. The molecule has 0 heterocycles. The summed E-state index contributed by atoms with van der Waals surface area (Å²) < 4.78 is 11.1. The van der Waals surface area contributed by atoms with Crippen LogP contribution < -0.4 is 4.74 Å². The number of carbonyl (C=O) groups excluding carboxylic acids is 2. The van der Waals surface area contributed by atoms with E-state index in [9.17, 15) is 9.59 Å². The Kier molecular flexibility index (Phi) is 9.98. The topological polar surface area (TPSA) is 52.6 Å². The van der Waals surface area contributed by atoms with E-state index in [0.29, 0.717) is 24.3 Å². The van der Waals surface area contributed by atoms with Gasteiger partial charge in [0.15, 0.2) is 5.78 Å². The van der Waals surface area contributed by atoms with Crippen molar-refractivity contribution in [3.05, 3.63) is 65.7 Å². The first-order valence-electron chi connectivity index (χ1n) is 10.6. The molecule has 0 spiro atoms. The predicted octanol–water partition coefficient (Wildman–Crippen LogP) is 5.84. The molecule has 2 aromatic carbocycles. The number of carbonyl (C=O) groups is 2. The van der Waals surface area contributed by atoms with Gasteiger partial charge in [0.25, 0.3) is 0 Å². The molecule has 4 nitrogen and oxygen atoms in total. The summed E-state index contributed by atoms with van der Waals surface area (Å²) in [6, 6.07) is 17.1. The minimum Gasteiger partial charge on any atom is -0.489 e. The van der Waals surface area contributed by atoms with Crippen molar-refractivity contribution in [3.63, 3.8) is 0 Å². The minimum atomic E-state index is -0.888. The molecule has 0 saturated carbocycles. The number of rotatable bonds is 13. The smallest absolute Gasteiger partial charge is 0.321 e. The molecule has 0 bridgehead atoms. The lowest BCUT2D eigenvalue weighted by atomic mass is 9.91. The van der Waals surface area contributed by atoms with Gasteiger partial charge < -0.3 is 9.47 Å². The predicted molar refractivity (Wildman–Crippen MR) is 115 cm³/mol. The Morgan fingerprint density at radius 3 is 2.38 bits per heavy atom. The van der Waals surface area contributed by atoms with Crippen LogP contribution in [0.4, 0.5) is 0 Å². The summed E-state index contributed by atoms with van der Waals surface area (Å²) in [5, 5.41) is 0. The van der Waals surface area contributed by atoms with Gasteiger partial charge in [-0.3, -0.25) is 9.59 Å². The molecule has 2 aromatic rings. The largest absolute Gasteiger partial charge is 0.489 e. The van der Waals surface area contributed by atoms with Crippen LogP contribution in [0.15, 0.2) is 54.6 Å². The van der Waals surface area contributed by atoms with Gasteiger partial charge in [-0.2, -0.15) is 0 Å². The third-order valence-electron chi connectivity index (χ3n) is 4.81. The van der Waals surface area contributed by atoms with E-state index in [-0.39, 0.29) is 12.4 Å². The Morgan fingerprint density at radius 2 is 1.66 bits per heavy atom. The Labute approximate surface area is 174 Å². The number of hydrogen-bond donors (Lipinski definition) is 0. The van der Waals surface area contributed by atoms with Crippen molar-refractivity contribution in [2.75, 3.05) is 6.61 Å². The maximum Gasteiger partial charge on any atom is 0.321 e. The Morgan fingerprint density at radius 1 is 0.897 bits per heavy atom. The first-order valence-corrected chi connectivity index (χ1v) is 10.6. The van der Waals surface area contributed by atoms with Gasteiger partial charge in [0.2, 0.25) is 0 Å². The lowest BCUT2D eigenvalue weighted by Gasteiger charge is -2.16. The SMILES string of the molecule is CCCCCCCC(=O)C(C(=O)OCC)c1cccc(OCc2ccccc2)c1. The standard InChI is InChI=1S/C25H32O4/c1-3-5-6-7-11-17-23(26)24(25(27)28-4-2)21-15-12-16-22(18-21)29-19-20-13-9-8-10-14-20/h8-10,12-16,18,24H,3-7,11,17,19H2,1-2H3. The molecule has 0 aliphatic rings. The quantitative estimate of drug-likeness (QED) is 0.242. The second-order valence-corrected chi connectivity index (χ2v) is 7.16. The molecule has 0 N–H and O–H groups in total. The van der Waals surface area contributed by atoms with E-state index in [2.05, 4.69) is 6.92 Å². The van der Waals surface area contributed by atoms with Crippen LogP contribution in [-0.2, 0) is 20.9 Å². The molecule has 0 fully saturated rings. The molecule has 0 saturated heterocycles. The second kappa shape index (κ2) is 12.8. The van der Waals surface area contributed by atoms with Gasteiger partial charge in [0, 0.05) is 6.42 Å². The van der Waals surface area contributed by atoms with Crippen LogP contribution in [0.5, 0.6) is 5.75 Å². The zero-order valence-corrected chi connectivity index (χ0v) is 17.6. The molecule has 1 atom stereocenters. The normalized spacial score (nSPS) is 11.7. The number of benzene rings is 2. The number of ketones is 1. The van der Waals surface area contributed by atoms with Crippen LogP contribution in [0.25, 0.3) is 0 Å². The van der Waals surface area contributed by atoms with E-state index in [1.807, 2.05) is 42.5 Å². The van der Waals surface area contributed by atoms with Crippen LogP contribution in [0, 0.1) is 0 Å². The van der Waals surface area contributed by atoms with Crippen molar-refractivity contribution in [3.8, 4) is 5.75 Å². The average molecular weight is 397 g/mol. The van der Waals surface area contributed by atoms with Crippen molar-refractivity contribution < 1.29 is 19.1 Å². The van der Waals surface area contributed by atoms with Crippen molar-refractivity contribution in [2.24, 2.45) is 0 Å². The number of Topliss-reactive ketones (excluding diaryl/α,β-unsaturated/α-hetero) is 1. The minimum absolute atomic E-state index is 0.0832. The van der Waals surface area contributed by atoms with Gasteiger partial charge in [-0.25, -0.2) is 0 Å². The molecule has 29 heavy (non-hydrogen) atoms. The first-order chi connectivity index (χ1) is 14.2. The number of ether oxygens (including phenoxy) is 2. The number of unbranched alkanes of at least 4 members (excludes halogenated alkanes) is 4. The number of esters is 1. The van der Waals surface area contributed by atoms with Crippen molar-refractivity contribution >= 4 is 11.8 Å². The summed E-state index contributed by atoms with van der Waals surface area (Å²) >= 11 is 0. The third kappa shape index (κ3) is 7.72. The van der Waals surface area contributed by atoms with E-state index >= 15 is 0 Å². The summed E-state index contributed by atoms with van der Waals surface area (Å²) in [6.07, 6.45) is 5.67. The van der Waals surface area contributed by atoms with Crippen LogP contribution in [0.2, 0.25) is 0 Å². The Hall–Kier alpha value is -2.62. The van der Waals surface area contributed by atoms with Crippen molar-refractivity contribution in [1.82, 2.24) is 0 Å². The fourth-order valence-electron chi connectivity index (χ4n) is 3.25. The molecule has 156 valence electrons. The number of hydrogen-bond acceptors (Lipinski definition) is 4. The molecule has 0 aliphatic heterocycles. The summed E-state index contributed by atoms with van der Waals surface area (Å²) in [6.45, 7) is 4.60. The third-order valence-corrected chi connectivity index (χ3v) is 4.81. The molecule has 2 rings (SSSR count). The van der Waals surface area contributed by atoms with E-state index in [0.717, 1.165) is 31.2 Å². The lowest BCUT2D eigenvalue weighted by molar-refractivity contribution is -0.147. The molecule has 0 radical (unpaired) electrons. The molecular formula is C25H32O4. The highest BCUT2D eigenvalue weighted by Gasteiger charge is 2.29. The van der Waals surface area contributed by atoms with E-state index in [4.69, 9.17) is 9.47 Å². The highest BCUT2D eigenvalue weighted by molar-refractivity contribution is 6.04. The highest BCUT2D eigenvalue weighted by atomic mass is 16.5. The van der Waals surface area contributed by atoms with E-state index < -0.39 is 11.9 Å². The maximum atomic E-state index is 12.8. The van der Waals surface area contributed by atoms with Gasteiger partial charge in [-0.05, 0) is 36.6 Å². The monoisotopic (exact) mass is 396 g/mol. The summed E-state index contributed by atoms with van der Waals surface area (Å²) in [5.41, 5.74) is 1.69. The molecule has 0 aromatic heterocycles. The molecule has 1 unspecified atom stereocenters. The summed E-state index contributed by atoms with van der Waals surface area (Å²) in [4.78, 5) is 25.4. The van der Waals surface area contributed by atoms with Gasteiger partial charge in [-0.1, -0.05) is 75.1 Å². The van der Waals surface area contributed by atoms with Crippen LogP contribution in [-0.4, -0.2) is 18.4 Å². The highest BCUT2D eigenvalue weighted by Crippen LogP contribution is 2.26. The zero-order valence-electron chi connectivity index (χ0n) is 17.6. The zero-order chi connectivity index (χ0) is 20.9. The fraction of sp³-hybridized carbons (Fsp3) is 0.440. The van der Waals surface area contributed by atoms with Gasteiger partial charge >= 0.3 is 5.97 Å². The van der Waals surface area contributed by atoms with Crippen LogP contribution in [0.1, 0.15) is 69.4 Å². The first kappa shape index (κ1) is 22.7. The lowest BCUT2D eigenvalue weighted by Crippen LogP contribution is -2.24. The van der Waals surface area contributed by atoms with Crippen LogP contribution in [0.3, 0.4) is 0 Å². The second-order valence-electron chi connectivity index (χ2n) is 7.16. The molecule has 4 heteroatoms. The fourth-order valence-corrected chi connectivity index (χ4v) is 3.25. The van der Waals surface area contributed by atoms with Crippen molar-refractivity contribution in [1.29, 1.82) is 0 Å². The summed E-state index contributed by atoms with van der Waals surface area (Å²) in [7, 11) is 0. The van der Waals surface area contributed by atoms with Gasteiger partial charge in [0.05, 0.1) is 6.61 Å². The molecular weight excluding hydrogens is 364 g/mol. The van der Waals surface area contributed by atoms with E-state index in [1.165, 1.54) is 6.42 Å². The Balaban J connectivity index is 2.07. The molecule has 0 amide bonds. The van der Waals surface area contributed by atoms with Crippen LogP contribution >= 0.6 is 0 Å². The van der Waals surface area contributed by atoms with Gasteiger partial charge in [0.1, 0.15) is 18.3 Å². The Bertz CT molecular complexity index is 754. The van der Waals surface area contributed by atoms with Gasteiger partial charge in [-0.15, -0.1) is 0 Å². The summed E-state index contributed by atoms with van der Waals surface area (Å²) in [5.74, 6) is -0.816. The maximum absolute atomic E-state index is 12.8.